The lowest BCUT2D eigenvalue weighted by Gasteiger charge is -2.33. The van der Waals surface area contributed by atoms with Crippen molar-refractivity contribution in [2.45, 2.75) is 57.9 Å². The molecule has 1 unspecified atom stereocenters. The van der Waals surface area contributed by atoms with E-state index in [4.69, 9.17) is 0 Å². The number of nitrogens with zero attached hydrogens (tertiary/aromatic N) is 1. The van der Waals surface area contributed by atoms with E-state index in [1.165, 1.54) is 36.8 Å². The third-order valence-electron chi connectivity index (χ3n) is 4.66. The van der Waals surface area contributed by atoms with Gasteiger partial charge in [0.2, 0.25) is 0 Å². The highest BCUT2D eigenvalue weighted by atomic mass is 16.2. The summed E-state index contributed by atoms with van der Waals surface area (Å²) in [6.07, 6.45) is 8.46. The molecule has 2 nitrogen and oxygen atoms in total. The molecule has 0 radical (unpaired) electrons. The first-order valence-corrected chi connectivity index (χ1v) is 7.68. The van der Waals surface area contributed by atoms with Crippen molar-refractivity contribution in [1.82, 2.24) is 4.90 Å². The number of likely N-dealkylation sites (tertiary alicyclic amines) is 1. The quantitative estimate of drug-likeness (QED) is 0.753. The van der Waals surface area contributed by atoms with Crippen molar-refractivity contribution >= 4 is 5.91 Å². The fourth-order valence-corrected chi connectivity index (χ4v) is 3.43. The van der Waals surface area contributed by atoms with Crippen LogP contribution in [0.2, 0.25) is 0 Å². The lowest BCUT2D eigenvalue weighted by atomic mass is 9.90. The second-order valence-electron chi connectivity index (χ2n) is 6.03. The Morgan fingerprint density at radius 2 is 1.89 bits per heavy atom. The smallest absolute Gasteiger partial charge is 0.254 e. The highest BCUT2D eigenvalue weighted by molar-refractivity contribution is 5.94. The van der Waals surface area contributed by atoms with Crippen molar-refractivity contribution in [3.63, 3.8) is 0 Å². The van der Waals surface area contributed by atoms with Crippen molar-refractivity contribution in [3.05, 3.63) is 34.9 Å². The number of carbonyl (C=O) groups excluding carboxylic acids is 1. The first kappa shape index (κ1) is 12.7. The van der Waals surface area contributed by atoms with Gasteiger partial charge in [-0.25, -0.2) is 0 Å². The Labute approximate surface area is 115 Å². The monoisotopic (exact) mass is 257 g/mol. The predicted octanol–water partition coefficient (Wildman–Crippen LogP) is 3.58. The molecule has 1 aromatic carbocycles. The molecule has 1 saturated heterocycles. The summed E-state index contributed by atoms with van der Waals surface area (Å²) in [5, 5.41) is 0. The maximum atomic E-state index is 12.6. The molecule has 0 bridgehead atoms. The summed E-state index contributed by atoms with van der Waals surface area (Å²) in [6.45, 7) is 3.10. The summed E-state index contributed by atoms with van der Waals surface area (Å²) in [5.74, 6) is 0.237. The Balaban J connectivity index is 1.83. The summed E-state index contributed by atoms with van der Waals surface area (Å²) in [5.41, 5.74) is 3.76. The molecule has 0 spiro atoms. The molecule has 1 atom stereocenters. The number of rotatable bonds is 1. The van der Waals surface area contributed by atoms with Gasteiger partial charge >= 0.3 is 0 Å². The Hall–Kier alpha value is -1.31. The Morgan fingerprint density at radius 1 is 1.11 bits per heavy atom. The highest BCUT2D eigenvalue weighted by Gasteiger charge is 2.24. The fraction of sp³-hybridized carbons (Fsp3) is 0.588. The molecule has 2 aliphatic rings. The standard InChI is InChI=1S/C17H23NO/c1-13-6-4-5-11-18(13)17(19)16-10-9-14-7-2-3-8-15(14)12-16/h9-10,12-13H,2-8,11H2,1H3. The van der Waals surface area contributed by atoms with Gasteiger partial charge in [-0.2, -0.15) is 0 Å². The van der Waals surface area contributed by atoms with Crippen molar-refractivity contribution < 1.29 is 4.79 Å². The minimum absolute atomic E-state index is 0.237. The number of hydrogen-bond donors (Lipinski definition) is 0. The molecule has 1 fully saturated rings. The number of fused-ring (bicyclic) bond motifs is 1. The van der Waals surface area contributed by atoms with Gasteiger partial charge in [-0.1, -0.05) is 6.07 Å². The third kappa shape index (κ3) is 2.54. The van der Waals surface area contributed by atoms with Gasteiger partial charge in [0.1, 0.15) is 0 Å². The second kappa shape index (κ2) is 5.36. The van der Waals surface area contributed by atoms with Crippen molar-refractivity contribution in [1.29, 1.82) is 0 Å². The SMILES string of the molecule is CC1CCCCN1C(=O)c1ccc2c(c1)CCCC2. The van der Waals surface area contributed by atoms with Crippen LogP contribution < -0.4 is 0 Å². The van der Waals surface area contributed by atoms with Crippen LogP contribution in [-0.2, 0) is 12.8 Å². The van der Waals surface area contributed by atoms with Crippen molar-refractivity contribution in [2.75, 3.05) is 6.54 Å². The van der Waals surface area contributed by atoms with E-state index in [2.05, 4.69) is 24.0 Å². The van der Waals surface area contributed by atoms with E-state index < -0.39 is 0 Å². The minimum atomic E-state index is 0.237. The predicted molar refractivity (Wildman–Crippen MR) is 77.4 cm³/mol. The zero-order valence-corrected chi connectivity index (χ0v) is 11.8. The number of aryl methyl sites for hydroxylation is 2. The largest absolute Gasteiger partial charge is 0.336 e. The Bertz CT molecular complexity index is 480. The van der Waals surface area contributed by atoms with Gasteiger partial charge in [-0.15, -0.1) is 0 Å². The molecule has 102 valence electrons. The first-order chi connectivity index (χ1) is 9.25. The molecule has 19 heavy (non-hydrogen) atoms. The summed E-state index contributed by atoms with van der Waals surface area (Å²) < 4.78 is 0. The number of piperidine rings is 1. The Morgan fingerprint density at radius 3 is 2.68 bits per heavy atom. The number of carbonyl (C=O) groups is 1. The van der Waals surface area contributed by atoms with Crippen LogP contribution >= 0.6 is 0 Å². The normalized spacial score (nSPS) is 23.0. The van der Waals surface area contributed by atoms with Crippen molar-refractivity contribution in [3.8, 4) is 0 Å². The zero-order valence-electron chi connectivity index (χ0n) is 11.8. The van der Waals surface area contributed by atoms with Crippen LogP contribution in [0.5, 0.6) is 0 Å². The fourth-order valence-electron chi connectivity index (χ4n) is 3.43. The number of amides is 1. The van der Waals surface area contributed by atoms with E-state index in [1.54, 1.807) is 0 Å². The summed E-state index contributed by atoms with van der Waals surface area (Å²) >= 11 is 0. The van der Waals surface area contributed by atoms with Gasteiger partial charge in [0.25, 0.3) is 5.91 Å². The molecule has 1 aliphatic carbocycles. The van der Waals surface area contributed by atoms with Gasteiger partial charge in [-0.05, 0) is 75.1 Å². The summed E-state index contributed by atoms with van der Waals surface area (Å²) in [6, 6.07) is 6.76. The highest BCUT2D eigenvalue weighted by Crippen LogP contribution is 2.24. The van der Waals surface area contributed by atoms with Gasteiger partial charge in [0.05, 0.1) is 0 Å². The third-order valence-corrected chi connectivity index (χ3v) is 4.66. The summed E-state index contributed by atoms with van der Waals surface area (Å²) in [7, 11) is 0. The van der Waals surface area contributed by atoms with Crippen LogP contribution in [0.4, 0.5) is 0 Å². The van der Waals surface area contributed by atoms with E-state index in [-0.39, 0.29) is 5.91 Å². The second-order valence-corrected chi connectivity index (χ2v) is 6.03. The molecule has 0 saturated carbocycles. The van der Waals surface area contributed by atoms with E-state index in [9.17, 15) is 4.79 Å². The van der Waals surface area contributed by atoms with Crippen LogP contribution in [0.25, 0.3) is 0 Å². The van der Waals surface area contributed by atoms with Crippen molar-refractivity contribution in [2.24, 2.45) is 0 Å². The maximum absolute atomic E-state index is 12.6. The van der Waals surface area contributed by atoms with E-state index in [1.807, 2.05) is 6.07 Å². The van der Waals surface area contributed by atoms with Gasteiger partial charge in [0.15, 0.2) is 0 Å². The van der Waals surface area contributed by atoms with Crippen LogP contribution in [0.1, 0.15) is 60.5 Å². The minimum Gasteiger partial charge on any atom is -0.336 e. The summed E-state index contributed by atoms with van der Waals surface area (Å²) in [4.78, 5) is 14.7. The van der Waals surface area contributed by atoms with Crippen LogP contribution in [-0.4, -0.2) is 23.4 Å². The molecule has 1 heterocycles. The van der Waals surface area contributed by atoms with E-state index in [0.29, 0.717) is 6.04 Å². The van der Waals surface area contributed by atoms with Gasteiger partial charge < -0.3 is 4.90 Å². The lowest BCUT2D eigenvalue weighted by molar-refractivity contribution is 0.0635. The van der Waals surface area contributed by atoms with Crippen LogP contribution in [0.15, 0.2) is 18.2 Å². The molecule has 1 aromatic rings. The molecule has 2 heteroatoms. The molecule has 0 N–H and O–H groups in total. The molecule has 1 aliphatic heterocycles. The van der Waals surface area contributed by atoms with E-state index >= 15 is 0 Å². The Kier molecular flexibility index (Phi) is 3.58. The number of benzene rings is 1. The zero-order chi connectivity index (χ0) is 13.2. The van der Waals surface area contributed by atoms with Gasteiger partial charge in [0, 0.05) is 18.2 Å². The van der Waals surface area contributed by atoms with E-state index in [0.717, 1.165) is 31.4 Å². The first-order valence-electron chi connectivity index (χ1n) is 7.68. The topological polar surface area (TPSA) is 20.3 Å². The average Bonchev–Trinajstić information content (AvgIpc) is 2.46. The molecular formula is C17H23NO. The molecule has 0 aromatic heterocycles. The molecule has 3 rings (SSSR count). The van der Waals surface area contributed by atoms with Crippen LogP contribution in [0, 0.1) is 0 Å². The van der Waals surface area contributed by atoms with Gasteiger partial charge in [-0.3, -0.25) is 4.79 Å². The van der Waals surface area contributed by atoms with Crippen LogP contribution in [0.3, 0.4) is 0 Å². The lowest BCUT2D eigenvalue weighted by Crippen LogP contribution is -2.42. The number of hydrogen-bond acceptors (Lipinski definition) is 1. The molecule has 1 amide bonds. The molecular weight excluding hydrogens is 234 g/mol. The maximum Gasteiger partial charge on any atom is 0.254 e. The average molecular weight is 257 g/mol.